The van der Waals surface area contributed by atoms with Crippen LogP contribution >= 0.6 is 0 Å². The summed E-state index contributed by atoms with van der Waals surface area (Å²) in [7, 11) is 2.21. The van der Waals surface area contributed by atoms with Gasteiger partial charge in [-0.05, 0) is 12.6 Å². The molecule has 0 heterocycles. The van der Waals surface area contributed by atoms with Gasteiger partial charge in [0.05, 0.1) is 0 Å². The normalized spacial score (nSPS) is 13.7. The van der Waals surface area contributed by atoms with E-state index in [1.807, 2.05) is 43.0 Å². The van der Waals surface area contributed by atoms with Gasteiger partial charge in [0.25, 0.3) is 0 Å². The molecule has 0 aromatic heterocycles. The van der Waals surface area contributed by atoms with Gasteiger partial charge in [0.1, 0.15) is 0 Å². The third-order valence-electron chi connectivity index (χ3n) is 1.68. The summed E-state index contributed by atoms with van der Waals surface area (Å²) >= 11 is 0. The fourth-order valence-corrected chi connectivity index (χ4v) is 2.12. The van der Waals surface area contributed by atoms with E-state index in [0.717, 1.165) is 0 Å². The molecule has 0 unspecified atom stereocenters. The number of hydrogen-bond acceptors (Lipinski definition) is 3. The lowest BCUT2D eigenvalue weighted by Gasteiger charge is -2.19. The Hall–Kier alpha value is -0.683. The van der Waals surface area contributed by atoms with Crippen LogP contribution in [-0.4, -0.2) is 30.1 Å². The topological polar surface area (TPSA) is 27.7 Å². The third-order valence-corrected chi connectivity index (χ3v) is 3.99. The largest absolute Gasteiger partial charge is 0.528 e. The first-order valence-electron chi connectivity index (χ1n) is 4.37. The average molecular weight is 214 g/mol. The number of hydrogen-bond donors (Lipinski definition) is 0. The minimum Gasteiger partial charge on any atom is -0.374 e. The predicted molar refractivity (Wildman–Crippen MR) is 59.9 cm³/mol. The molecule has 0 spiro atoms. The second-order valence-corrected chi connectivity index (χ2v) is 5.25. The Balaban J connectivity index is 4.28. The van der Waals surface area contributed by atoms with E-state index in [4.69, 9.17) is 13.3 Å². The molecule has 0 aromatic rings. The van der Waals surface area contributed by atoms with Gasteiger partial charge in [0, 0.05) is 21.3 Å². The SMILES string of the molecule is C/C=C/C=C/C=C/[Si](OC)(OC)OC. The van der Waals surface area contributed by atoms with Crippen molar-refractivity contribution in [3.8, 4) is 0 Å². The molecule has 80 valence electrons. The van der Waals surface area contributed by atoms with E-state index in [9.17, 15) is 0 Å². The Morgan fingerprint density at radius 1 is 0.786 bits per heavy atom. The van der Waals surface area contributed by atoms with Gasteiger partial charge in [-0.2, -0.15) is 0 Å². The Morgan fingerprint density at radius 2 is 1.29 bits per heavy atom. The van der Waals surface area contributed by atoms with Crippen molar-refractivity contribution in [1.82, 2.24) is 0 Å². The first-order chi connectivity index (χ1) is 6.74. The number of rotatable bonds is 6. The Labute approximate surface area is 87.0 Å². The highest BCUT2D eigenvalue weighted by Crippen LogP contribution is 2.07. The fraction of sp³-hybridized carbons (Fsp3) is 0.400. The molecule has 3 nitrogen and oxygen atoms in total. The molecule has 0 amide bonds. The standard InChI is InChI=1S/C10H18O3Si/c1-5-6-7-8-9-10-14(11-2,12-3)13-4/h5-10H,1-4H3/b6-5+,8-7+,10-9+. The zero-order chi connectivity index (χ0) is 10.9. The van der Waals surface area contributed by atoms with Crippen LogP contribution < -0.4 is 0 Å². The molecule has 0 rings (SSSR count). The van der Waals surface area contributed by atoms with Gasteiger partial charge in [-0.15, -0.1) is 0 Å². The first kappa shape index (κ1) is 13.3. The third kappa shape index (κ3) is 4.52. The molecule has 0 bridgehead atoms. The van der Waals surface area contributed by atoms with Crippen LogP contribution in [0.2, 0.25) is 0 Å². The summed E-state index contributed by atoms with van der Waals surface area (Å²) in [6.07, 6.45) is 9.59. The Bertz CT molecular complexity index is 209. The molecular weight excluding hydrogens is 196 g/mol. The Morgan fingerprint density at radius 3 is 1.71 bits per heavy atom. The van der Waals surface area contributed by atoms with Gasteiger partial charge in [-0.25, -0.2) is 0 Å². The highest BCUT2D eigenvalue weighted by atomic mass is 28.4. The Kier molecular flexibility index (Phi) is 7.32. The van der Waals surface area contributed by atoms with Crippen molar-refractivity contribution < 1.29 is 13.3 Å². The van der Waals surface area contributed by atoms with Gasteiger partial charge in [0.2, 0.25) is 0 Å². The quantitative estimate of drug-likeness (QED) is 0.500. The van der Waals surface area contributed by atoms with Crippen LogP contribution in [0, 0.1) is 0 Å². The van der Waals surface area contributed by atoms with E-state index >= 15 is 0 Å². The maximum atomic E-state index is 5.20. The van der Waals surface area contributed by atoms with E-state index < -0.39 is 8.80 Å². The molecule has 0 saturated carbocycles. The molecule has 0 atom stereocenters. The summed E-state index contributed by atoms with van der Waals surface area (Å²) in [6.45, 7) is 1.96. The van der Waals surface area contributed by atoms with Crippen molar-refractivity contribution in [2.75, 3.05) is 21.3 Å². The van der Waals surface area contributed by atoms with Crippen molar-refractivity contribution in [2.45, 2.75) is 6.92 Å². The van der Waals surface area contributed by atoms with Crippen LogP contribution in [0.3, 0.4) is 0 Å². The van der Waals surface area contributed by atoms with Gasteiger partial charge in [-0.1, -0.05) is 30.4 Å². The van der Waals surface area contributed by atoms with Crippen LogP contribution in [0.1, 0.15) is 6.92 Å². The molecule has 0 aliphatic rings. The van der Waals surface area contributed by atoms with E-state index in [1.54, 1.807) is 21.3 Å². The van der Waals surface area contributed by atoms with E-state index in [-0.39, 0.29) is 0 Å². The molecule has 0 aliphatic heterocycles. The molecule has 4 heteroatoms. The average Bonchev–Trinajstić information content (AvgIpc) is 2.24. The van der Waals surface area contributed by atoms with Gasteiger partial charge in [0.15, 0.2) is 0 Å². The monoisotopic (exact) mass is 214 g/mol. The van der Waals surface area contributed by atoms with Crippen LogP contribution in [0.4, 0.5) is 0 Å². The van der Waals surface area contributed by atoms with E-state index in [2.05, 4.69) is 0 Å². The minimum atomic E-state index is -2.53. The van der Waals surface area contributed by atoms with E-state index in [0.29, 0.717) is 0 Å². The lowest BCUT2D eigenvalue weighted by atomic mass is 10.4. The summed E-state index contributed by atoms with van der Waals surface area (Å²) < 4.78 is 15.6. The van der Waals surface area contributed by atoms with Crippen LogP contribution in [-0.2, 0) is 13.3 Å². The van der Waals surface area contributed by atoms with Crippen molar-refractivity contribution in [3.63, 3.8) is 0 Å². The van der Waals surface area contributed by atoms with Crippen molar-refractivity contribution in [3.05, 3.63) is 36.1 Å². The van der Waals surface area contributed by atoms with Gasteiger partial charge in [-0.3, -0.25) is 0 Å². The first-order valence-corrected chi connectivity index (χ1v) is 6.17. The zero-order valence-corrected chi connectivity index (χ0v) is 10.2. The maximum Gasteiger partial charge on any atom is 0.528 e. The zero-order valence-electron chi connectivity index (χ0n) is 9.19. The lowest BCUT2D eigenvalue weighted by Crippen LogP contribution is -2.40. The smallest absolute Gasteiger partial charge is 0.374 e. The summed E-state index contributed by atoms with van der Waals surface area (Å²) in [5.41, 5.74) is 1.83. The minimum absolute atomic E-state index is 1.58. The van der Waals surface area contributed by atoms with Crippen LogP contribution in [0.25, 0.3) is 0 Å². The fourth-order valence-electron chi connectivity index (χ4n) is 0.867. The lowest BCUT2D eigenvalue weighted by molar-refractivity contribution is 0.138. The summed E-state index contributed by atoms with van der Waals surface area (Å²) in [6, 6.07) is 0. The highest BCUT2D eigenvalue weighted by molar-refractivity contribution is 6.66. The molecule has 0 N–H and O–H groups in total. The van der Waals surface area contributed by atoms with Gasteiger partial charge < -0.3 is 13.3 Å². The second-order valence-electron chi connectivity index (χ2n) is 2.49. The summed E-state index contributed by atoms with van der Waals surface area (Å²) in [4.78, 5) is 0. The van der Waals surface area contributed by atoms with Gasteiger partial charge >= 0.3 is 8.80 Å². The van der Waals surface area contributed by atoms with Crippen molar-refractivity contribution in [1.29, 1.82) is 0 Å². The molecule has 0 radical (unpaired) electrons. The second kappa shape index (κ2) is 7.70. The molecule has 14 heavy (non-hydrogen) atoms. The number of allylic oxidation sites excluding steroid dienone is 5. The molecule has 0 fully saturated rings. The van der Waals surface area contributed by atoms with E-state index in [1.165, 1.54) is 0 Å². The van der Waals surface area contributed by atoms with Crippen LogP contribution in [0.15, 0.2) is 36.1 Å². The molecule has 0 aromatic carbocycles. The molecule has 0 saturated heterocycles. The summed E-state index contributed by atoms with van der Waals surface area (Å²) in [5.74, 6) is 0. The highest BCUT2D eigenvalue weighted by Gasteiger charge is 2.33. The maximum absolute atomic E-state index is 5.20. The van der Waals surface area contributed by atoms with Crippen molar-refractivity contribution >= 4 is 8.80 Å². The van der Waals surface area contributed by atoms with Crippen molar-refractivity contribution in [2.24, 2.45) is 0 Å². The molecular formula is C10H18O3Si. The predicted octanol–water partition coefficient (Wildman–Crippen LogP) is 2.09. The van der Waals surface area contributed by atoms with Crippen LogP contribution in [0.5, 0.6) is 0 Å². The molecule has 0 aliphatic carbocycles. The summed E-state index contributed by atoms with van der Waals surface area (Å²) in [5, 5.41) is 0.